The average molecular weight is 435 g/mol. The Kier molecular flexibility index (Phi) is 7.23. The molecule has 3 aromatic rings. The molecule has 0 spiro atoms. The van der Waals surface area contributed by atoms with Crippen LogP contribution in [0.1, 0.15) is 20.4 Å². The second-order valence-electron chi connectivity index (χ2n) is 5.86. The van der Waals surface area contributed by atoms with Crippen LogP contribution in [0, 0.1) is 5.82 Å². The fourth-order valence-corrected chi connectivity index (χ4v) is 3.10. The number of nitrogens with one attached hydrogen (secondary N) is 2. The number of amides is 2. The standard InChI is InChI=1S/C19H16ClFN4O3S/c20-13-2-1-3-15(8-13)23-18(27)19-25-24-17(29-19)11-28-10-16(26)22-9-12-4-6-14(21)7-5-12/h1-8H,9-11H2,(H,22,26)(H,23,27). The van der Waals surface area contributed by atoms with Crippen molar-refractivity contribution in [2.45, 2.75) is 13.2 Å². The first-order chi connectivity index (χ1) is 14.0. The van der Waals surface area contributed by atoms with Gasteiger partial charge in [-0.1, -0.05) is 41.1 Å². The Bertz CT molecular complexity index is 997. The maximum absolute atomic E-state index is 12.8. The number of rotatable bonds is 8. The molecule has 0 bridgehead atoms. The number of benzene rings is 2. The Morgan fingerprint density at radius 2 is 1.93 bits per heavy atom. The van der Waals surface area contributed by atoms with Crippen molar-refractivity contribution < 1.29 is 18.7 Å². The lowest BCUT2D eigenvalue weighted by molar-refractivity contribution is -0.126. The number of hydrogen-bond acceptors (Lipinski definition) is 6. The minimum absolute atomic E-state index is 0.0477. The van der Waals surface area contributed by atoms with E-state index in [2.05, 4.69) is 20.8 Å². The molecule has 0 radical (unpaired) electrons. The van der Waals surface area contributed by atoms with Crippen LogP contribution in [0.4, 0.5) is 10.1 Å². The topological polar surface area (TPSA) is 93.2 Å². The van der Waals surface area contributed by atoms with Gasteiger partial charge in [0.1, 0.15) is 24.0 Å². The van der Waals surface area contributed by atoms with Crippen LogP contribution in [0.25, 0.3) is 0 Å². The summed E-state index contributed by atoms with van der Waals surface area (Å²) in [5.74, 6) is -1.06. The highest BCUT2D eigenvalue weighted by molar-refractivity contribution is 7.13. The number of hydrogen-bond donors (Lipinski definition) is 2. The molecule has 2 amide bonds. The van der Waals surface area contributed by atoms with Crippen LogP contribution in [0.2, 0.25) is 5.02 Å². The van der Waals surface area contributed by atoms with E-state index < -0.39 is 5.91 Å². The number of ether oxygens (including phenoxy) is 1. The third kappa shape index (κ3) is 6.60. The van der Waals surface area contributed by atoms with Crippen LogP contribution in [0.3, 0.4) is 0 Å². The molecule has 1 aromatic heterocycles. The molecule has 150 valence electrons. The summed E-state index contributed by atoms with van der Waals surface area (Å²) in [5, 5.41) is 14.2. The van der Waals surface area contributed by atoms with Crippen LogP contribution in [0.5, 0.6) is 0 Å². The van der Waals surface area contributed by atoms with Crippen LogP contribution < -0.4 is 10.6 Å². The molecule has 3 rings (SSSR count). The summed E-state index contributed by atoms with van der Waals surface area (Å²) in [7, 11) is 0. The first kappa shape index (κ1) is 20.8. The molecular weight excluding hydrogens is 419 g/mol. The van der Waals surface area contributed by atoms with E-state index in [4.69, 9.17) is 16.3 Å². The molecule has 0 aliphatic heterocycles. The van der Waals surface area contributed by atoms with Crippen LogP contribution in [-0.2, 0) is 22.7 Å². The highest BCUT2D eigenvalue weighted by Gasteiger charge is 2.14. The van der Waals surface area contributed by atoms with E-state index in [9.17, 15) is 14.0 Å². The lowest BCUT2D eigenvalue weighted by Gasteiger charge is -2.05. The van der Waals surface area contributed by atoms with Crippen LogP contribution >= 0.6 is 22.9 Å². The molecule has 0 atom stereocenters. The van der Waals surface area contributed by atoms with E-state index in [0.29, 0.717) is 15.7 Å². The third-order valence-corrected chi connectivity index (χ3v) is 4.74. The van der Waals surface area contributed by atoms with Gasteiger partial charge in [0.25, 0.3) is 5.91 Å². The molecule has 0 unspecified atom stereocenters. The molecule has 2 aromatic carbocycles. The molecule has 10 heteroatoms. The third-order valence-electron chi connectivity index (χ3n) is 3.61. The summed E-state index contributed by atoms with van der Waals surface area (Å²) >= 11 is 6.95. The molecule has 1 heterocycles. The lowest BCUT2D eigenvalue weighted by Crippen LogP contribution is -2.27. The van der Waals surface area contributed by atoms with Gasteiger partial charge in [0.05, 0.1) is 0 Å². The Labute approximate surface area is 174 Å². The number of halogens is 2. The number of aromatic nitrogens is 2. The monoisotopic (exact) mass is 434 g/mol. The van der Waals surface area contributed by atoms with Gasteiger partial charge in [-0.3, -0.25) is 9.59 Å². The fourth-order valence-electron chi connectivity index (χ4n) is 2.24. The van der Waals surface area contributed by atoms with Gasteiger partial charge in [0, 0.05) is 17.3 Å². The highest BCUT2D eigenvalue weighted by Crippen LogP contribution is 2.17. The maximum Gasteiger partial charge on any atom is 0.286 e. The van der Waals surface area contributed by atoms with Crippen molar-refractivity contribution in [1.29, 1.82) is 0 Å². The van der Waals surface area contributed by atoms with Crippen molar-refractivity contribution in [3.63, 3.8) is 0 Å². The van der Waals surface area contributed by atoms with Crippen molar-refractivity contribution in [2.75, 3.05) is 11.9 Å². The second-order valence-corrected chi connectivity index (χ2v) is 7.36. The molecule has 0 fully saturated rings. The summed E-state index contributed by atoms with van der Waals surface area (Å²) in [4.78, 5) is 24.0. The van der Waals surface area contributed by atoms with Crippen molar-refractivity contribution in [1.82, 2.24) is 15.5 Å². The van der Waals surface area contributed by atoms with Gasteiger partial charge in [-0.25, -0.2) is 4.39 Å². The smallest absolute Gasteiger partial charge is 0.286 e. The van der Waals surface area contributed by atoms with Gasteiger partial charge in [-0.05, 0) is 35.9 Å². The van der Waals surface area contributed by atoms with Gasteiger partial charge < -0.3 is 15.4 Å². The second kappa shape index (κ2) is 10.1. The molecule has 7 nitrogen and oxygen atoms in total. The maximum atomic E-state index is 12.8. The SMILES string of the molecule is O=C(COCc1nnc(C(=O)Nc2cccc(Cl)c2)s1)NCc1ccc(F)cc1. The molecule has 29 heavy (non-hydrogen) atoms. The quantitative estimate of drug-likeness (QED) is 0.566. The van der Waals surface area contributed by atoms with E-state index in [1.54, 1.807) is 36.4 Å². The zero-order chi connectivity index (χ0) is 20.6. The predicted octanol–water partition coefficient (Wildman–Crippen LogP) is 3.42. The fraction of sp³-hybridized carbons (Fsp3) is 0.158. The van der Waals surface area contributed by atoms with Crippen LogP contribution in [0.15, 0.2) is 48.5 Å². The summed E-state index contributed by atoms with van der Waals surface area (Å²) in [6.45, 7) is 0.145. The lowest BCUT2D eigenvalue weighted by atomic mass is 10.2. The molecule has 0 saturated carbocycles. The normalized spacial score (nSPS) is 10.6. The Morgan fingerprint density at radius 3 is 2.69 bits per heavy atom. The highest BCUT2D eigenvalue weighted by atomic mass is 35.5. The summed E-state index contributed by atoms with van der Waals surface area (Å²) in [6, 6.07) is 12.6. The largest absolute Gasteiger partial charge is 0.364 e. The van der Waals surface area contributed by atoms with E-state index >= 15 is 0 Å². The number of anilines is 1. The van der Waals surface area contributed by atoms with Gasteiger partial charge in [0.15, 0.2) is 0 Å². The molecule has 0 aliphatic rings. The van der Waals surface area contributed by atoms with Crippen molar-refractivity contribution >= 4 is 40.4 Å². The van der Waals surface area contributed by atoms with Crippen molar-refractivity contribution in [2.24, 2.45) is 0 Å². The Morgan fingerprint density at radius 1 is 1.14 bits per heavy atom. The Hall–Kier alpha value is -2.88. The van der Waals surface area contributed by atoms with Crippen molar-refractivity contribution in [3.8, 4) is 0 Å². The minimum atomic E-state index is -0.409. The first-order valence-corrected chi connectivity index (χ1v) is 9.67. The summed E-state index contributed by atoms with van der Waals surface area (Å²) in [6.07, 6.45) is 0. The number of nitrogens with zero attached hydrogens (tertiary/aromatic N) is 2. The minimum Gasteiger partial charge on any atom is -0.364 e. The molecule has 0 aliphatic carbocycles. The zero-order valence-electron chi connectivity index (χ0n) is 15.0. The summed E-state index contributed by atoms with van der Waals surface area (Å²) in [5.41, 5.74) is 1.33. The summed E-state index contributed by atoms with van der Waals surface area (Å²) < 4.78 is 18.1. The van der Waals surface area contributed by atoms with E-state index in [-0.39, 0.29) is 36.5 Å². The van der Waals surface area contributed by atoms with Gasteiger partial charge >= 0.3 is 0 Å². The zero-order valence-corrected chi connectivity index (χ0v) is 16.6. The van der Waals surface area contributed by atoms with E-state index in [1.165, 1.54) is 12.1 Å². The van der Waals surface area contributed by atoms with Crippen molar-refractivity contribution in [3.05, 3.63) is 74.9 Å². The first-order valence-electron chi connectivity index (χ1n) is 8.48. The van der Waals surface area contributed by atoms with Gasteiger partial charge in [-0.15, -0.1) is 10.2 Å². The Balaban J connectivity index is 1.41. The van der Waals surface area contributed by atoms with E-state index in [0.717, 1.165) is 16.9 Å². The van der Waals surface area contributed by atoms with Gasteiger partial charge in [-0.2, -0.15) is 0 Å². The molecule has 0 saturated heterocycles. The number of carbonyl (C=O) groups is 2. The van der Waals surface area contributed by atoms with Gasteiger partial charge in [0.2, 0.25) is 10.9 Å². The molecule has 2 N–H and O–H groups in total. The molecular formula is C19H16ClFN4O3S. The number of carbonyl (C=O) groups excluding carboxylic acids is 2. The van der Waals surface area contributed by atoms with Crippen LogP contribution in [-0.4, -0.2) is 28.6 Å². The predicted molar refractivity (Wildman–Crippen MR) is 107 cm³/mol. The van der Waals surface area contributed by atoms with E-state index in [1.807, 2.05) is 0 Å². The average Bonchev–Trinajstić information content (AvgIpc) is 3.17.